The van der Waals surface area contributed by atoms with Gasteiger partial charge in [-0.2, -0.15) is 0 Å². The van der Waals surface area contributed by atoms with Gasteiger partial charge in [0.05, 0.1) is 20.2 Å². The molecule has 0 fully saturated rings. The molecule has 0 aliphatic heterocycles. The number of rotatable bonds is 8. The van der Waals surface area contributed by atoms with Crippen LogP contribution in [0, 0.1) is 0 Å². The number of benzene rings is 2. The maximum absolute atomic E-state index is 12.8. The summed E-state index contributed by atoms with van der Waals surface area (Å²) in [5.74, 6) is 0.483. The molecular formula is C19H24N3O3+. The van der Waals surface area contributed by atoms with Crippen molar-refractivity contribution in [1.82, 2.24) is 5.32 Å². The van der Waals surface area contributed by atoms with Crippen LogP contribution in [0.5, 0.6) is 5.75 Å². The van der Waals surface area contributed by atoms with Crippen LogP contribution < -0.4 is 20.7 Å². The van der Waals surface area contributed by atoms with Gasteiger partial charge in [-0.15, -0.1) is 0 Å². The van der Waals surface area contributed by atoms with Crippen LogP contribution in [0.1, 0.15) is 18.5 Å². The number of methoxy groups -OCH3 is 1. The summed E-state index contributed by atoms with van der Waals surface area (Å²) >= 11 is 0. The summed E-state index contributed by atoms with van der Waals surface area (Å²) in [5, 5.41) is 7.58. The highest BCUT2D eigenvalue weighted by molar-refractivity contribution is 5.94. The van der Waals surface area contributed by atoms with Crippen LogP contribution in [0.4, 0.5) is 5.69 Å². The quantitative estimate of drug-likeness (QED) is 0.628. The number of carbonyl (C=O) groups excluding carboxylic acids is 2. The number of hydrogen-bond acceptors (Lipinski definition) is 3. The summed E-state index contributed by atoms with van der Waals surface area (Å²) < 4.78 is 5.18. The average molecular weight is 342 g/mol. The summed E-state index contributed by atoms with van der Waals surface area (Å²) in [4.78, 5) is 23.7. The third kappa shape index (κ3) is 5.93. The smallest absolute Gasteiger partial charge is 0.287 e. The zero-order valence-corrected chi connectivity index (χ0v) is 14.5. The van der Waals surface area contributed by atoms with Crippen LogP contribution in [0.3, 0.4) is 0 Å². The molecule has 2 amide bonds. The Morgan fingerprint density at radius 2 is 1.88 bits per heavy atom. The standard InChI is InChI=1S/C19H23N3O3/c1-14(23)20-11-12-21-18(15-7-4-3-5-8-15)19(24)22-16-9-6-10-17(13-16)25-2/h3-10,13,18,21H,11-12H2,1-2H3,(H,20,23)(H,22,24)/p+1/t18-/m1/s1. The topological polar surface area (TPSA) is 84.0 Å². The Balaban J connectivity index is 2.07. The summed E-state index contributed by atoms with van der Waals surface area (Å²) in [6, 6.07) is 16.4. The monoisotopic (exact) mass is 342 g/mol. The van der Waals surface area contributed by atoms with E-state index in [1.165, 1.54) is 6.92 Å². The number of anilines is 1. The normalized spacial score (nSPS) is 11.4. The first-order valence-electron chi connectivity index (χ1n) is 8.18. The van der Waals surface area contributed by atoms with Crippen LogP contribution in [-0.2, 0) is 9.59 Å². The fourth-order valence-electron chi connectivity index (χ4n) is 2.47. The van der Waals surface area contributed by atoms with Gasteiger partial charge in [0, 0.05) is 24.2 Å². The first-order valence-corrected chi connectivity index (χ1v) is 8.18. The van der Waals surface area contributed by atoms with Gasteiger partial charge in [0.15, 0.2) is 6.04 Å². The number of carbonyl (C=O) groups is 2. The van der Waals surface area contributed by atoms with Crippen molar-refractivity contribution in [2.75, 3.05) is 25.5 Å². The van der Waals surface area contributed by atoms with E-state index in [4.69, 9.17) is 4.74 Å². The first kappa shape index (κ1) is 18.5. The van der Waals surface area contributed by atoms with Crippen molar-refractivity contribution in [3.63, 3.8) is 0 Å². The Morgan fingerprint density at radius 1 is 1.12 bits per heavy atom. The van der Waals surface area contributed by atoms with Crippen molar-refractivity contribution in [3.8, 4) is 5.75 Å². The summed E-state index contributed by atoms with van der Waals surface area (Å²) in [7, 11) is 1.59. The highest BCUT2D eigenvalue weighted by atomic mass is 16.5. The molecule has 0 aliphatic carbocycles. The fourth-order valence-corrected chi connectivity index (χ4v) is 2.47. The molecular weight excluding hydrogens is 318 g/mol. The van der Waals surface area contributed by atoms with Crippen molar-refractivity contribution >= 4 is 17.5 Å². The molecule has 1 atom stereocenters. The lowest BCUT2D eigenvalue weighted by Crippen LogP contribution is -2.88. The van der Waals surface area contributed by atoms with E-state index in [-0.39, 0.29) is 11.8 Å². The van der Waals surface area contributed by atoms with Gasteiger partial charge >= 0.3 is 0 Å². The minimum Gasteiger partial charge on any atom is -0.497 e. The largest absolute Gasteiger partial charge is 0.497 e. The molecule has 0 radical (unpaired) electrons. The minimum atomic E-state index is -0.402. The predicted octanol–water partition coefficient (Wildman–Crippen LogP) is 1.07. The predicted molar refractivity (Wildman–Crippen MR) is 96.3 cm³/mol. The van der Waals surface area contributed by atoms with E-state index < -0.39 is 6.04 Å². The number of quaternary nitrogens is 1. The second-order valence-corrected chi connectivity index (χ2v) is 5.62. The lowest BCUT2D eigenvalue weighted by molar-refractivity contribution is -0.680. The van der Waals surface area contributed by atoms with E-state index in [1.807, 2.05) is 53.8 Å². The highest BCUT2D eigenvalue weighted by Gasteiger charge is 2.23. The first-order chi connectivity index (χ1) is 12.1. The Bertz CT molecular complexity index is 704. The van der Waals surface area contributed by atoms with Gasteiger partial charge in [-0.3, -0.25) is 9.59 Å². The molecule has 132 valence electrons. The lowest BCUT2D eigenvalue weighted by Gasteiger charge is -2.16. The molecule has 25 heavy (non-hydrogen) atoms. The van der Waals surface area contributed by atoms with Gasteiger partial charge in [-0.25, -0.2) is 0 Å². The molecule has 0 unspecified atom stereocenters. The summed E-state index contributed by atoms with van der Waals surface area (Å²) in [6.45, 7) is 2.58. The summed E-state index contributed by atoms with van der Waals surface area (Å²) in [5.41, 5.74) is 1.59. The van der Waals surface area contributed by atoms with Crippen LogP contribution in [0.15, 0.2) is 54.6 Å². The summed E-state index contributed by atoms with van der Waals surface area (Å²) in [6.07, 6.45) is 0. The van der Waals surface area contributed by atoms with Crippen molar-refractivity contribution in [3.05, 3.63) is 60.2 Å². The second-order valence-electron chi connectivity index (χ2n) is 5.62. The Kier molecular flexibility index (Phi) is 6.98. The number of nitrogens with two attached hydrogens (primary N) is 1. The van der Waals surface area contributed by atoms with E-state index >= 15 is 0 Å². The van der Waals surface area contributed by atoms with Crippen molar-refractivity contribution < 1.29 is 19.6 Å². The highest BCUT2D eigenvalue weighted by Crippen LogP contribution is 2.18. The van der Waals surface area contributed by atoms with Gasteiger partial charge in [0.2, 0.25) is 5.91 Å². The van der Waals surface area contributed by atoms with E-state index in [9.17, 15) is 9.59 Å². The van der Waals surface area contributed by atoms with Crippen molar-refractivity contribution in [2.24, 2.45) is 0 Å². The van der Waals surface area contributed by atoms with Gasteiger partial charge < -0.3 is 20.7 Å². The zero-order valence-electron chi connectivity index (χ0n) is 14.5. The van der Waals surface area contributed by atoms with Crippen LogP contribution in [0.2, 0.25) is 0 Å². The molecule has 6 heteroatoms. The van der Waals surface area contributed by atoms with Crippen LogP contribution in [-0.4, -0.2) is 32.0 Å². The molecule has 2 aromatic carbocycles. The van der Waals surface area contributed by atoms with Crippen LogP contribution in [0.25, 0.3) is 0 Å². The second kappa shape index (κ2) is 9.44. The Hall–Kier alpha value is -2.86. The van der Waals surface area contributed by atoms with E-state index in [0.717, 1.165) is 5.56 Å². The van der Waals surface area contributed by atoms with E-state index in [2.05, 4.69) is 10.6 Å². The Labute approximate surface area is 147 Å². The SMILES string of the molecule is COc1cccc(NC(=O)[C@H]([NH2+]CCNC(C)=O)c2ccccc2)c1. The van der Waals surface area contributed by atoms with E-state index in [1.54, 1.807) is 13.2 Å². The lowest BCUT2D eigenvalue weighted by atomic mass is 10.1. The number of nitrogens with one attached hydrogen (secondary N) is 2. The molecule has 4 N–H and O–H groups in total. The molecule has 2 aromatic rings. The third-order valence-corrected chi connectivity index (χ3v) is 3.70. The molecule has 0 saturated carbocycles. The molecule has 0 spiro atoms. The number of ether oxygens (including phenoxy) is 1. The maximum Gasteiger partial charge on any atom is 0.287 e. The number of amides is 2. The van der Waals surface area contributed by atoms with Crippen molar-refractivity contribution in [2.45, 2.75) is 13.0 Å². The zero-order chi connectivity index (χ0) is 18.1. The average Bonchev–Trinajstić information content (AvgIpc) is 2.62. The van der Waals surface area contributed by atoms with Gasteiger partial charge in [-0.05, 0) is 12.1 Å². The molecule has 0 heterocycles. The van der Waals surface area contributed by atoms with Gasteiger partial charge in [-0.1, -0.05) is 36.4 Å². The van der Waals surface area contributed by atoms with Crippen molar-refractivity contribution in [1.29, 1.82) is 0 Å². The van der Waals surface area contributed by atoms with Crippen LogP contribution >= 0.6 is 0 Å². The van der Waals surface area contributed by atoms with E-state index in [0.29, 0.717) is 24.5 Å². The van der Waals surface area contributed by atoms with Gasteiger partial charge in [0.25, 0.3) is 5.91 Å². The maximum atomic E-state index is 12.8. The van der Waals surface area contributed by atoms with Gasteiger partial charge in [0.1, 0.15) is 5.75 Å². The molecule has 6 nitrogen and oxygen atoms in total. The Morgan fingerprint density at radius 3 is 2.56 bits per heavy atom. The molecule has 0 aliphatic rings. The minimum absolute atomic E-state index is 0.0782. The molecule has 0 bridgehead atoms. The fraction of sp³-hybridized carbons (Fsp3) is 0.263. The number of hydrogen-bond donors (Lipinski definition) is 3. The molecule has 0 aromatic heterocycles. The molecule has 0 saturated heterocycles. The third-order valence-electron chi connectivity index (χ3n) is 3.70. The molecule has 2 rings (SSSR count).